The number of phenols is 1. The van der Waals surface area contributed by atoms with Gasteiger partial charge in [-0.15, -0.1) is 0 Å². The maximum absolute atomic E-state index is 11.0. The predicted octanol–water partition coefficient (Wildman–Crippen LogP) is 1.69. The minimum Gasteiger partial charge on any atom is -0.507 e. The molecule has 271 valence electrons. The molecule has 2 rings (SSSR count). The first kappa shape index (κ1) is 50.5. The van der Waals surface area contributed by atoms with Gasteiger partial charge in [0.1, 0.15) is 38.8 Å². The van der Waals surface area contributed by atoms with E-state index in [-0.39, 0.29) is 84.0 Å². The molecule has 13 radical (unpaired) electrons. The van der Waals surface area contributed by atoms with E-state index in [1.165, 1.54) is 14.2 Å². The molecule has 0 bridgehead atoms. The zero-order chi connectivity index (χ0) is 39.6. The Labute approximate surface area is 326 Å². The summed E-state index contributed by atoms with van der Waals surface area (Å²) in [6.45, 7) is -0.681. The number of carbonyl (C=O) groups excluding carboxylic acids is 7. The zero-order valence-corrected chi connectivity index (χ0v) is 30.8. The molecule has 0 heterocycles. The molecule has 0 fully saturated rings. The smallest absolute Gasteiger partial charge is 0.236 e. The van der Waals surface area contributed by atoms with Crippen molar-refractivity contribution in [3.05, 3.63) is 63.2 Å². The molecule has 2 aromatic rings. The zero-order valence-electron chi connectivity index (χ0n) is 28.5. The second-order valence-corrected chi connectivity index (χ2v) is 9.58. The summed E-state index contributed by atoms with van der Waals surface area (Å²) in [5.74, 6) is -5.08. The number of anilines is 1. The van der Waals surface area contributed by atoms with Crippen LogP contribution in [0.5, 0.6) is 5.75 Å². The third-order valence-corrected chi connectivity index (χ3v) is 5.75. The van der Waals surface area contributed by atoms with Crippen molar-refractivity contribution in [2.75, 3.05) is 32.8 Å². The van der Waals surface area contributed by atoms with E-state index < -0.39 is 29.3 Å². The number of hydrogen-bond acceptors (Lipinski definition) is 15. The van der Waals surface area contributed by atoms with Gasteiger partial charge in [-0.2, -0.15) is 0 Å². The van der Waals surface area contributed by atoms with Gasteiger partial charge in [0, 0.05) is 56.6 Å². The standard InChI is InChI=1S/C17H16B3NO8.C12H12B2O6.CHBO.Ir/c1-26-5-11(6-27-15(18)23)2-10-3-12(7-28-16(19)24)14(21-9-22)13(4-10)8-29-17(20)25;1-18-4-7-2-8(5-19-11(13)16)10(15)9(3-7)6-20-12(14)17;2-1-3;/h2-4,9H,5-8H2,1H3,(H,21,22);2-3,15H,4-6H2,1H3;1H;/b11-2-;;;. The van der Waals surface area contributed by atoms with Crippen molar-refractivity contribution in [2.45, 2.75) is 33.0 Å². The number of nitrogens with one attached hydrogen (secondary N) is 1. The third kappa shape index (κ3) is 22.9. The third-order valence-electron chi connectivity index (χ3n) is 5.75. The molecule has 0 spiro atoms. The Morgan fingerprint density at radius 2 is 1.04 bits per heavy atom. The number of methoxy groups -OCH3 is 2. The first-order valence-electron chi connectivity index (χ1n) is 14.3. The second kappa shape index (κ2) is 28.9. The van der Waals surface area contributed by atoms with E-state index in [1.54, 1.807) is 30.3 Å². The van der Waals surface area contributed by atoms with Gasteiger partial charge in [-0.3, -0.25) is 28.8 Å². The van der Waals surface area contributed by atoms with Crippen molar-refractivity contribution in [1.82, 2.24) is 0 Å². The Hall–Kier alpha value is -4.57. The van der Waals surface area contributed by atoms with Crippen LogP contribution in [0.4, 0.5) is 29.7 Å². The van der Waals surface area contributed by atoms with Crippen molar-refractivity contribution in [1.29, 1.82) is 0 Å². The minimum absolute atomic E-state index is 0. The van der Waals surface area contributed by atoms with Crippen LogP contribution in [0.25, 0.3) is 6.08 Å². The number of hydrogen-bond donors (Lipinski definition) is 2. The largest absolute Gasteiger partial charge is 0.507 e. The van der Waals surface area contributed by atoms with Gasteiger partial charge in [0.25, 0.3) is 0 Å². The maximum atomic E-state index is 11.0. The summed E-state index contributed by atoms with van der Waals surface area (Å²) < 4.78 is 33.7. The van der Waals surface area contributed by atoms with Crippen LogP contribution in [0.2, 0.25) is 0 Å². The molecule has 0 aliphatic rings. The molecule has 0 aliphatic heterocycles. The second-order valence-electron chi connectivity index (χ2n) is 9.58. The molecule has 23 heteroatoms. The van der Waals surface area contributed by atoms with Crippen LogP contribution in [-0.2, 0) is 95.9 Å². The summed E-state index contributed by atoms with van der Waals surface area (Å²) >= 11 is 0. The van der Waals surface area contributed by atoms with E-state index in [0.29, 0.717) is 45.4 Å². The summed E-state index contributed by atoms with van der Waals surface area (Å²) in [5.41, 5.74) is 3.40. The van der Waals surface area contributed by atoms with Gasteiger partial charge in [-0.1, -0.05) is 6.08 Å². The summed E-state index contributed by atoms with van der Waals surface area (Å²) in [4.78, 5) is 73.6. The van der Waals surface area contributed by atoms with Crippen molar-refractivity contribution in [2.24, 2.45) is 0 Å². The Kier molecular flexibility index (Phi) is 27.6. The fraction of sp³-hybridized carbons (Fsp3) is 0.300. The first-order valence-corrected chi connectivity index (χ1v) is 14.3. The van der Waals surface area contributed by atoms with Crippen molar-refractivity contribution >= 4 is 101 Å². The number of benzene rings is 2. The van der Waals surface area contributed by atoms with Crippen LogP contribution in [0.15, 0.2) is 29.8 Å². The van der Waals surface area contributed by atoms with Gasteiger partial charge in [0.05, 0.1) is 25.1 Å². The molecule has 53 heavy (non-hydrogen) atoms. The number of rotatable bonds is 17. The maximum Gasteiger partial charge on any atom is 0.236 e. The van der Waals surface area contributed by atoms with Crippen LogP contribution < -0.4 is 5.32 Å². The van der Waals surface area contributed by atoms with Crippen LogP contribution >= 0.6 is 0 Å². The molecule has 2 aromatic carbocycles. The molecule has 0 aliphatic carbocycles. The molecule has 2 N–H and O–H groups in total. The minimum atomic E-state index is -1.02. The van der Waals surface area contributed by atoms with Crippen molar-refractivity contribution in [3.63, 3.8) is 0 Å². The van der Waals surface area contributed by atoms with Crippen LogP contribution in [0, 0.1) is 0 Å². The van der Waals surface area contributed by atoms with E-state index >= 15 is 0 Å². The monoisotopic (exact) mass is 902 g/mol. The number of amides is 1. The van der Waals surface area contributed by atoms with E-state index in [4.69, 9.17) is 67.7 Å². The first-order chi connectivity index (χ1) is 24.6. The molecule has 0 aromatic heterocycles. The number of aromatic hydroxyl groups is 1. The van der Waals surface area contributed by atoms with Crippen LogP contribution in [-0.4, -0.2) is 122 Å². The average Bonchev–Trinajstić information content (AvgIpc) is 3.06. The van der Waals surface area contributed by atoms with Crippen molar-refractivity contribution < 1.29 is 91.9 Å². The van der Waals surface area contributed by atoms with Gasteiger partial charge in [0.2, 0.25) is 75.0 Å². The van der Waals surface area contributed by atoms with E-state index in [0.717, 1.165) is 0 Å². The molecular formula is C30H29B6IrNO15. The van der Waals surface area contributed by atoms with Gasteiger partial charge in [-0.25, -0.2) is 0 Å². The van der Waals surface area contributed by atoms with Gasteiger partial charge >= 0.3 is 0 Å². The SMILES string of the molecule is [B]C(=O)OC/C(=C\c1cc(COC([B])=O)c(NC=O)c(COC([B])=O)c1)COC.[B]C(=O)OCc1cc(COC)cc(COC([B])=O)c1O.[B]C=O.[Ir]. The predicted molar refractivity (Wildman–Crippen MR) is 188 cm³/mol. The normalized spacial score (nSPS) is 9.89. The average molecular weight is 901 g/mol. The number of phenolic OH excluding ortho intramolecular Hbond substituents is 1. The molecule has 16 nitrogen and oxygen atoms in total. The molecule has 0 saturated heterocycles. The number of carbonyl (C=O) groups is 7. The fourth-order valence-electron chi connectivity index (χ4n) is 3.96. The Balaban J connectivity index is 0. The van der Waals surface area contributed by atoms with Crippen LogP contribution in [0.1, 0.15) is 33.4 Å². The van der Waals surface area contributed by atoms with Gasteiger partial charge in [0.15, 0.2) is 7.85 Å². The molecule has 0 atom stereocenters. The Bertz CT molecular complexity index is 1500. The van der Waals surface area contributed by atoms with Gasteiger partial charge < -0.3 is 48.4 Å². The van der Waals surface area contributed by atoms with E-state index in [2.05, 4.69) is 22.6 Å². The van der Waals surface area contributed by atoms with Crippen LogP contribution in [0.3, 0.4) is 0 Å². The van der Waals surface area contributed by atoms with Crippen molar-refractivity contribution in [3.8, 4) is 5.75 Å². The summed E-state index contributed by atoms with van der Waals surface area (Å²) in [6, 6.07) is 6.36. The van der Waals surface area contributed by atoms with E-state index in [1.807, 2.05) is 0 Å². The quantitative estimate of drug-likeness (QED) is 0.131. The Morgan fingerprint density at radius 3 is 1.38 bits per heavy atom. The topological polar surface area (TPSA) is 216 Å². The summed E-state index contributed by atoms with van der Waals surface area (Å²) in [7, 11) is 31.8. The molecule has 1 amide bonds. The van der Waals surface area contributed by atoms with E-state index in [9.17, 15) is 33.9 Å². The molecule has 0 saturated carbocycles. The number of ether oxygens (including phenoxy) is 7. The summed E-state index contributed by atoms with van der Waals surface area (Å²) in [5, 5.41) is 12.5. The molecule has 0 unspecified atom stereocenters. The molecular weight excluding hydrogens is 871 g/mol. The van der Waals surface area contributed by atoms with Gasteiger partial charge in [-0.05, 0) is 41.0 Å². The summed E-state index contributed by atoms with van der Waals surface area (Å²) in [6.07, 6.45) is 2.28. The Morgan fingerprint density at radius 1 is 0.642 bits per heavy atom. The fourth-order valence-corrected chi connectivity index (χ4v) is 3.96.